The molecule has 0 spiro atoms. The van der Waals surface area contributed by atoms with Crippen molar-refractivity contribution < 1.29 is 0 Å². The molecular weight excluding hydrogens is 177 g/mol. The van der Waals surface area contributed by atoms with Crippen LogP contribution < -0.4 is 0 Å². The normalized spacial score (nSPS) is 25.8. The molecule has 0 amide bonds. The van der Waals surface area contributed by atoms with Crippen LogP contribution in [0, 0.1) is 5.92 Å². The lowest BCUT2D eigenvalue weighted by atomic mass is 9.73. The Morgan fingerprint density at radius 2 is 1.92 bits per heavy atom. The Hall–Kier alpha value is 0.375. The molecular formula is C10H22BNS. The molecule has 1 aliphatic heterocycles. The quantitative estimate of drug-likeness (QED) is 0.532. The highest BCUT2D eigenvalue weighted by molar-refractivity contribution is 7.80. The zero-order chi connectivity index (χ0) is 9.84. The van der Waals surface area contributed by atoms with Crippen LogP contribution in [-0.4, -0.2) is 37.6 Å². The van der Waals surface area contributed by atoms with E-state index in [0.717, 1.165) is 17.5 Å². The molecule has 1 nitrogen and oxygen atoms in total. The van der Waals surface area contributed by atoms with Gasteiger partial charge in [-0.25, -0.2) is 0 Å². The highest BCUT2D eigenvalue weighted by Gasteiger charge is 2.23. The largest absolute Gasteiger partial charge is 0.300 e. The zero-order valence-corrected chi connectivity index (χ0v) is 10.1. The molecule has 0 aromatic heterocycles. The van der Waals surface area contributed by atoms with Gasteiger partial charge in [0.05, 0.1) is 0 Å². The van der Waals surface area contributed by atoms with E-state index in [1.807, 2.05) is 0 Å². The van der Waals surface area contributed by atoms with Gasteiger partial charge in [-0.05, 0) is 38.8 Å². The zero-order valence-electron chi connectivity index (χ0n) is 9.16. The van der Waals surface area contributed by atoms with Gasteiger partial charge >= 0.3 is 0 Å². The Morgan fingerprint density at radius 3 is 2.31 bits per heavy atom. The van der Waals surface area contributed by atoms with E-state index in [0.29, 0.717) is 6.04 Å². The van der Waals surface area contributed by atoms with Crippen molar-refractivity contribution in [3.05, 3.63) is 0 Å². The third-order valence-corrected chi connectivity index (χ3v) is 3.93. The number of hydrogen-bond acceptors (Lipinski definition) is 2. The summed E-state index contributed by atoms with van der Waals surface area (Å²) in [5, 5.41) is 0. The first-order valence-corrected chi connectivity index (χ1v) is 6.13. The first-order chi connectivity index (χ1) is 6.15. The van der Waals surface area contributed by atoms with E-state index in [2.05, 4.69) is 39.2 Å². The lowest BCUT2D eigenvalue weighted by Crippen LogP contribution is -2.41. The van der Waals surface area contributed by atoms with Crippen molar-refractivity contribution >= 4 is 20.5 Å². The van der Waals surface area contributed by atoms with Crippen LogP contribution in [0.1, 0.15) is 26.7 Å². The van der Waals surface area contributed by atoms with Crippen molar-refractivity contribution in [1.82, 2.24) is 4.90 Å². The summed E-state index contributed by atoms with van der Waals surface area (Å²) in [6.07, 6.45) is 2.77. The van der Waals surface area contributed by atoms with Gasteiger partial charge in [-0.2, -0.15) is 12.6 Å². The van der Waals surface area contributed by atoms with Gasteiger partial charge in [-0.1, -0.05) is 12.7 Å². The Morgan fingerprint density at radius 1 is 1.38 bits per heavy atom. The van der Waals surface area contributed by atoms with Crippen molar-refractivity contribution in [2.75, 3.05) is 18.8 Å². The van der Waals surface area contributed by atoms with Crippen LogP contribution in [0.25, 0.3) is 0 Å². The average molecular weight is 199 g/mol. The van der Waals surface area contributed by atoms with E-state index in [1.54, 1.807) is 0 Å². The van der Waals surface area contributed by atoms with Gasteiger partial charge < -0.3 is 0 Å². The maximum Gasteiger partial charge on any atom is 0.105 e. The molecule has 0 aliphatic carbocycles. The number of likely N-dealkylation sites (tertiary alicyclic amines) is 1. The van der Waals surface area contributed by atoms with Gasteiger partial charge in [0.2, 0.25) is 0 Å². The molecule has 0 aromatic carbocycles. The van der Waals surface area contributed by atoms with Gasteiger partial charge in [0.1, 0.15) is 7.85 Å². The second-order valence-electron chi connectivity index (χ2n) is 4.65. The highest BCUT2D eigenvalue weighted by Crippen LogP contribution is 2.27. The Balaban J connectivity index is 2.30. The van der Waals surface area contributed by atoms with Gasteiger partial charge in [-0.15, -0.1) is 0 Å². The molecule has 2 unspecified atom stereocenters. The van der Waals surface area contributed by atoms with Gasteiger partial charge in [0, 0.05) is 11.8 Å². The van der Waals surface area contributed by atoms with E-state index >= 15 is 0 Å². The summed E-state index contributed by atoms with van der Waals surface area (Å²) in [6, 6.07) is 0.663. The second kappa shape index (κ2) is 5.30. The number of hydrogen-bond donors (Lipinski definition) is 1. The summed E-state index contributed by atoms with van der Waals surface area (Å²) < 4.78 is 0. The molecule has 1 aliphatic rings. The lowest BCUT2D eigenvalue weighted by molar-refractivity contribution is 0.150. The molecule has 0 N–H and O–H groups in total. The summed E-state index contributed by atoms with van der Waals surface area (Å²) in [5.74, 6) is 2.82. The molecule has 2 atom stereocenters. The Kier molecular flexibility index (Phi) is 4.67. The molecule has 0 bridgehead atoms. The number of nitrogens with zero attached hydrogens (tertiary/aromatic N) is 1. The summed E-state index contributed by atoms with van der Waals surface area (Å²) in [5.41, 5.74) is 0. The third-order valence-electron chi connectivity index (χ3n) is 3.40. The molecule has 1 heterocycles. The molecule has 1 saturated heterocycles. The minimum atomic E-state index is 0.663. The smallest absolute Gasteiger partial charge is 0.105 e. The minimum absolute atomic E-state index is 0.663. The fraction of sp³-hybridized carbons (Fsp3) is 1.00. The van der Waals surface area contributed by atoms with Crippen molar-refractivity contribution in [3.8, 4) is 0 Å². The third kappa shape index (κ3) is 3.21. The van der Waals surface area contributed by atoms with Crippen molar-refractivity contribution in [1.29, 1.82) is 0 Å². The van der Waals surface area contributed by atoms with E-state index in [1.165, 1.54) is 25.9 Å². The topological polar surface area (TPSA) is 3.24 Å². The van der Waals surface area contributed by atoms with E-state index < -0.39 is 0 Å². The number of piperidine rings is 1. The van der Waals surface area contributed by atoms with Crippen LogP contribution in [0.15, 0.2) is 0 Å². The maximum absolute atomic E-state index is 4.35. The lowest BCUT2D eigenvalue weighted by Gasteiger charge is -2.37. The molecule has 3 heteroatoms. The number of rotatable bonds is 3. The fourth-order valence-corrected chi connectivity index (χ4v) is 2.37. The molecule has 0 saturated carbocycles. The predicted molar refractivity (Wildman–Crippen MR) is 65.6 cm³/mol. The van der Waals surface area contributed by atoms with E-state index in [-0.39, 0.29) is 0 Å². The van der Waals surface area contributed by atoms with Crippen LogP contribution >= 0.6 is 12.6 Å². The highest BCUT2D eigenvalue weighted by atomic mass is 32.1. The standard InChI is InChI=1S/C10H22BNS/c1-8(7-13)12-5-3-10(4-6-12)9(2)11/h8-10,13H,3-7,11H2,1-2H3. The van der Waals surface area contributed by atoms with Crippen LogP contribution in [0.5, 0.6) is 0 Å². The summed E-state index contributed by atoms with van der Waals surface area (Å²) in [7, 11) is 2.35. The molecule has 0 aromatic rings. The van der Waals surface area contributed by atoms with Crippen LogP contribution in [0.4, 0.5) is 0 Å². The summed E-state index contributed by atoms with van der Waals surface area (Å²) >= 11 is 4.35. The molecule has 0 radical (unpaired) electrons. The SMILES string of the molecule is BC(C)C1CCN(C(C)CS)CC1. The summed E-state index contributed by atoms with van der Waals surface area (Å²) in [6.45, 7) is 7.19. The van der Waals surface area contributed by atoms with Crippen molar-refractivity contribution in [2.24, 2.45) is 5.92 Å². The van der Waals surface area contributed by atoms with Gasteiger partial charge in [0.15, 0.2) is 0 Å². The van der Waals surface area contributed by atoms with Crippen molar-refractivity contribution in [3.63, 3.8) is 0 Å². The average Bonchev–Trinajstić information content (AvgIpc) is 2.17. The number of thiol groups is 1. The molecule has 1 fully saturated rings. The Labute approximate surface area is 89.1 Å². The minimum Gasteiger partial charge on any atom is -0.300 e. The van der Waals surface area contributed by atoms with Gasteiger partial charge in [0.25, 0.3) is 0 Å². The monoisotopic (exact) mass is 199 g/mol. The second-order valence-corrected chi connectivity index (χ2v) is 5.01. The Bertz CT molecular complexity index is 144. The van der Waals surface area contributed by atoms with Crippen LogP contribution in [-0.2, 0) is 0 Å². The maximum atomic E-state index is 4.35. The first-order valence-electron chi connectivity index (χ1n) is 5.50. The van der Waals surface area contributed by atoms with Crippen LogP contribution in [0.2, 0.25) is 5.82 Å². The predicted octanol–water partition coefficient (Wildman–Crippen LogP) is 1.46. The fourth-order valence-electron chi connectivity index (χ4n) is 2.14. The van der Waals surface area contributed by atoms with Crippen molar-refractivity contribution in [2.45, 2.75) is 38.5 Å². The molecule has 1 rings (SSSR count). The van der Waals surface area contributed by atoms with Crippen LogP contribution in [0.3, 0.4) is 0 Å². The molecule has 76 valence electrons. The molecule has 13 heavy (non-hydrogen) atoms. The first kappa shape index (κ1) is 11.4. The van der Waals surface area contributed by atoms with Gasteiger partial charge in [-0.3, -0.25) is 4.90 Å². The summed E-state index contributed by atoms with van der Waals surface area (Å²) in [4.78, 5) is 2.58. The van der Waals surface area contributed by atoms with E-state index in [4.69, 9.17) is 0 Å². The van der Waals surface area contributed by atoms with E-state index in [9.17, 15) is 0 Å².